The Bertz CT molecular complexity index is 526. The number of hydrogen-bond acceptors (Lipinski definition) is 3. The van der Waals surface area contributed by atoms with Crippen molar-refractivity contribution in [1.29, 1.82) is 0 Å². The normalized spacial score (nSPS) is 8.56. The SMILES string of the molecule is [N-]=[N+]=NCC#Cc1ccc(Cl)nc1C(=O)O. The van der Waals surface area contributed by atoms with Crippen LogP contribution in [0.15, 0.2) is 17.2 Å². The van der Waals surface area contributed by atoms with Crippen molar-refractivity contribution in [2.24, 2.45) is 5.11 Å². The second-order valence-electron chi connectivity index (χ2n) is 2.53. The average Bonchev–Trinajstić information content (AvgIpc) is 2.26. The fourth-order valence-corrected chi connectivity index (χ4v) is 1.05. The minimum absolute atomic E-state index is 0.0296. The number of halogens is 1. The van der Waals surface area contributed by atoms with Gasteiger partial charge in [-0.15, -0.1) is 0 Å². The van der Waals surface area contributed by atoms with E-state index in [1.165, 1.54) is 12.1 Å². The van der Waals surface area contributed by atoms with E-state index in [0.29, 0.717) is 0 Å². The van der Waals surface area contributed by atoms with E-state index >= 15 is 0 Å². The summed E-state index contributed by atoms with van der Waals surface area (Å²) in [5.41, 5.74) is 8.01. The summed E-state index contributed by atoms with van der Waals surface area (Å²) in [6, 6.07) is 2.88. The van der Waals surface area contributed by atoms with Gasteiger partial charge >= 0.3 is 5.97 Å². The lowest BCUT2D eigenvalue weighted by molar-refractivity contribution is 0.0690. The van der Waals surface area contributed by atoms with Crippen LogP contribution < -0.4 is 0 Å². The first kappa shape index (κ1) is 11.9. The van der Waals surface area contributed by atoms with Crippen LogP contribution in [0.1, 0.15) is 16.1 Å². The van der Waals surface area contributed by atoms with Gasteiger partial charge in [-0.2, -0.15) is 0 Å². The van der Waals surface area contributed by atoms with Gasteiger partial charge in [0.2, 0.25) is 0 Å². The molecule has 1 N–H and O–H groups in total. The molecule has 80 valence electrons. The molecule has 0 aliphatic carbocycles. The summed E-state index contributed by atoms with van der Waals surface area (Å²) in [5, 5.41) is 12.1. The number of rotatable bonds is 2. The van der Waals surface area contributed by atoms with Gasteiger partial charge in [-0.05, 0) is 17.7 Å². The number of carboxylic acids is 1. The van der Waals surface area contributed by atoms with Gasteiger partial charge in [0.05, 0.1) is 12.1 Å². The second kappa shape index (κ2) is 5.61. The van der Waals surface area contributed by atoms with Crippen molar-refractivity contribution in [2.45, 2.75) is 0 Å². The van der Waals surface area contributed by atoms with Crippen LogP contribution in [0.25, 0.3) is 10.4 Å². The van der Waals surface area contributed by atoms with Crippen molar-refractivity contribution in [2.75, 3.05) is 6.54 Å². The largest absolute Gasteiger partial charge is 0.476 e. The molecular weight excluding hydrogens is 232 g/mol. The van der Waals surface area contributed by atoms with Gasteiger partial charge in [0.25, 0.3) is 0 Å². The first-order valence-electron chi connectivity index (χ1n) is 4.04. The maximum absolute atomic E-state index is 10.8. The number of carboxylic acid groups (broad SMARTS) is 1. The summed E-state index contributed by atoms with van der Waals surface area (Å²) in [4.78, 5) is 16.9. The van der Waals surface area contributed by atoms with E-state index in [4.69, 9.17) is 22.2 Å². The van der Waals surface area contributed by atoms with Crippen LogP contribution in [0.2, 0.25) is 5.15 Å². The third kappa shape index (κ3) is 3.17. The monoisotopic (exact) mass is 236 g/mol. The van der Waals surface area contributed by atoms with Crippen molar-refractivity contribution in [3.63, 3.8) is 0 Å². The van der Waals surface area contributed by atoms with Gasteiger partial charge in [-0.3, -0.25) is 0 Å². The van der Waals surface area contributed by atoms with E-state index in [0.717, 1.165) is 0 Å². The van der Waals surface area contributed by atoms with E-state index in [1.807, 2.05) is 0 Å². The predicted molar refractivity (Wildman–Crippen MR) is 57.1 cm³/mol. The molecule has 0 aliphatic rings. The minimum atomic E-state index is -1.21. The Labute approximate surface area is 95.5 Å². The Balaban J connectivity index is 3.06. The fraction of sp³-hybridized carbons (Fsp3) is 0.111. The molecular formula is C9H5ClN4O2. The Morgan fingerprint density at radius 2 is 2.44 bits per heavy atom. The summed E-state index contributed by atoms with van der Waals surface area (Å²) in [7, 11) is 0. The molecule has 1 rings (SSSR count). The highest BCUT2D eigenvalue weighted by molar-refractivity contribution is 6.29. The van der Waals surface area contributed by atoms with Crippen LogP contribution >= 0.6 is 11.6 Å². The molecule has 1 aromatic heterocycles. The first-order valence-corrected chi connectivity index (χ1v) is 4.42. The summed E-state index contributed by atoms with van der Waals surface area (Å²) in [5.74, 6) is 3.83. The molecule has 6 nitrogen and oxygen atoms in total. The lowest BCUT2D eigenvalue weighted by Gasteiger charge is -1.97. The molecule has 0 radical (unpaired) electrons. The number of carbonyl (C=O) groups is 1. The number of aromatic carboxylic acids is 1. The smallest absolute Gasteiger partial charge is 0.355 e. The standard InChI is InChI=1S/C9H5ClN4O2/c10-7-4-3-6(2-1-5-12-14-11)8(13-7)9(15)16/h3-4H,5H2,(H,15,16). The van der Waals surface area contributed by atoms with E-state index in [1.54, 1.807) is 0 Å². The van der Waals surface area contributed by atoms with Gasteiger partial charge in [0.1, 0.15) is 5.15 Å². The highest BCUT2D eigenvalue weighted by atomic mass is 35.5. The quantitative estimate of drug-likeness (QED) is 0.280. The number of pyridine rings is 1. The summed E-state index contributed by atoms with van der Waals surface area (Å²) < 4.78 is 0. The third-order valence-corrected chi connectivity index (χ3v) is 1.71. The Kier molecular flexibility index (Phi) is 4.16. The van der Waals surface area contributed by atoms with Crippen molar-refractivity contribution in [3.8, 4) is 11.8 Å². The van der Waals surface area contributed by atoms with E-state index in [9.17, 15) is 4.79 Å². The van der Waals surface area contributed by atoms with Gasteiger partial charge < -0.3 is 5.11 Å². The maximum atomic E-state index is 10.8. The van der Waals surface area contributed by atoms with Crippen LogP contribution in [0, 0.1) is 11.8 Å². The molecule has 7 heteroatoms. The van der Waals surface area contributed by atoms with E-state index in [-0.39, 0.29) is 23.0 Å². The van der Waals surface area contributed by atoms with Gasteiger partial charge in [0, 0.05) is 4.91 Å². The number of azide groups is 1. The zero-order valence-corrected chi connectivity index (χ0v) is 8.64. The number of nitrogens with zero attached hydrogens (tertiary/aromatic N) is 4. The minimum Gasteiger partial charge on any atom is -0.476 e. The molecule has 0 unspecified atom stereocenters. The van der Waals surface area contributed by atoms with Crippen molar-refractivity contribution < 1.29 is 9.90 Å². The zero-order valence-electron chi connectivity index (χ0n) is 7.88. The first-order chi connectivity index (χ1) is 7.65. The second-order valence-corrected chi connectivity index (χ2v) is 2.91. The average molecular weight is 237 g/mol. The van der Waals surface area contributed by atoms with Crippen LogP contribution in [0.4, 0.5) is 0 Å². The number of hydrogen-bond donors (Lipinski definition) is 1. The molecule has 0 saturated heterocycles. The Morgan fingerprint density at radius 1 is 1.69 bits per heavy atom. The van der Waals surface area contributed by atoms with Crippen molar-refractivity contribution in [3.05, 3.63) is 39.0 Å². The van der Waals surface area contributed by atoms with Crippen LogP contribution in [-0.4, -0.2) is 22.6 Å². The summed E-state index contributed by atoms with van der Waals surface area (Å²) >= 11 is 5.56. The molecule has 1 heterocycles. The highest BCUT2D eigenvalue weighted by Gasteiger charge is 2.10. The van der Waals surface area contributed by atoms with E-state index in [2.05, 4.69) is 26.9 Å². The molecule has 16 heavy (non-hydrogen) atoms. The molecule has 0 fully saturated rings. The maximum Gasteiger partial charge on any atom is 0.355 e. The third-order valence-electron chi connectivity index (χ3n) is 1.50. The van der Waals surface area contributed by atoms with E-state index < -0.39 is 5.97 Å². The Morgan fingerprint density at radius 3 is 3.06 bits per heavy atom. The van der Waals surface area contributed by atoms with Crippen molar-refractivity contribution in [1.82, 2.24) is 4.98 Å². The lowest BCUT2D eigenvalue weighted by atomic mass is 10.2. The Hall–Kier alpha value is -2.22. The molecule has 0 spiro atoms. The van der Waals surface area contributed by atoms with Gasteiger partial charge in [-0.1, -0.05) is 28.6 Å². The summed E-state index contributed by atoms with van der Waals surface area (Å²) in [6.45, 7) is -0.0296. The number of aromatic nitrogens is 1. The topological polar surface area (TPSA) is 99.0 Å². The fourth-order valence-electron chi connectivity index (χ4n) is 0.901. The van der Waals surface area contributed by atoms with Crippen LogP contribution in [0.5, 0.6) is 0 Å². The molecule has 1 aromatic rings. The van der Waals surface area contributed by atoms with Crippen LogP contribution in [-0.2, 0) is 0 Å². The van der Waals surface area contributed by atoms with Crippen LogP contribution in [0.3, 0.4) is 0 Å². The highest BCUT2D eigenvalue weighted by Crippen LogP contribution is 2.10. The zero-order chi connectivity index (χ0) is 12.0. The van der Waals surface area contributed by atoms with Gasteiger partial charge in [0.15, 0.2) is 5.69 Å². The molecule has 0 amide bonds. The van der Waals surface area contributed by atoms with Crippen molar-refractivity contribution >= 4 is 17.6 Å². The van der Waals surface area contributed by atoms with Gasteiger partial charge in [-0.25, -0.2) is 9.78 Å². The molecule has 0 atom stereocenters. The lowest BCUT2D eigenvalue weighted by Crippen LogP contribution is -2.03. The molecule has 0 bridgehead atoms. The molecule has 0 aliphatic heterocycles. The summed E-state index contributed by atoms with van der Waals surface area (Å²) in [6.07, 6.45) is 0. The predicted octanol–water partition coefficient (Wildman–Crippen LogP) is 2.10. The molecule has 0 saturated carbocycles. The molecule has 0 aromatic carbocycles.